The Balaban J connectivity index is 1.46. The van der Waals surface area contributed by atoms with Crippen LogP contribution < -0.4 is 10.1 Å². The van der Waals surface area contributed by atoms with Crippen LogP contribution in [0.3, 0.4) is 0 Å². The van der Waals surface area contributed by atoms with Gasteiger partial charge in [-0.25, -0.2) is 0 Å². The zero-order chi connectivity index (χ0) is 19.1. The van der Waals surface area contributed by atoms with Crippen molar-refractivity contribution in [3.63, 3.8) is 0 Å². The van der Waals surface area contributed by atoms with Crippen LogP contribution in [0.5, 0.6) is 5.75 Å². The third-order valence-electron chi connectivity index (χ3n) is 5.17. The molecule has 150 valence electrons. The molecule has 0 amide bonds. The molecule has 1 aromatic carbocycles. The molecule has 2 atom stereocenters. The maximum absolute atomic E-state index is 6.00. The molecule has 2 aliphatic heterocycles. The maximum Gasteiger partial charge on any atom is 0.193 e. The van der Waals surface area contributed by atoms with Gasteiger partial charge in [0.15, 0.2) is 5.96 Å². The van der Waals surface area contributed by atoms with E-state index in [0.29, 0.717) is 25.7 Å². The van der Waals surface area contributed by atoms with E-state index in [9.17, 15) is 0 Å². The van der Waals surface area contributed by atoms with Crippen LogP contribution in [-0.2, 0) is 9.47 Å². The van der Waals surface area contributed by atoms with Crippen molar-refractivity contribution in [1.82, 2.24) is 10.2 Å². The normalized spacial score (nSPS) is 23.7. The van der Waals surface area contributed by atoms with Crippen molar-refractivity contribution < 1.29 is 14.2 Å². The fourth-order valence-corrected chi connectivity index (χ4v) is 3.73. The molecule has 0 bridgehead atoms. The molecule has 1 N–H and O–H groups in total. The van der Waals surface area contributed by atoms with Crippen molar-refractivity contribution >= 4 is 5.96 Å². The number of nitrogens with one attached hydrogen (secondary N) is 1. The van der Waals surface area contributed by atoms with E-state index in [1.165, 1.54) is 5.56 Å². The fourth-order valence-electron chi connectivity index (χ4n) is 3.73. The number of morpholine rings is 1. The van der Waals surface area contributed by atoms with E-state index in [1.807, 2.05) is 19.2 Å². The first kappa shape index (κ1) is 20.0. The van der Waals surface area contributed by atoms with E-state index in [0.717, 1.165) is 44.2 Å². The molecule has 0 aromatic heterocycles. The minimum Gasteiger partial charge on any atom is -0.491 e. The van der Waals surface area contributed by atoms with Gasteiger partial charge in [0.25, 0.3) is 0 Å². The second-order valence-corrected chi connectivity index (χ2v) is 7.42. The van der Waals surface area contributed by atoms with E-state index in [2.05, 4.69) is 41.2 Å². The summed E-state index contributed by atoms with van der Waals surface area (Å²) in [5, 5.41) is 3.42. The van der Waals surface area contributed by atoms with Crippen LogP contribution >= 0.6 is 0 Å². The van der Waals surface area contributed by atoms with E-state index in [1.54, 1.807) is 0 Å². The summed E-state index contributed by atoms with van der Waals surface area (Å²) >= 11 is 0. The van der Waals surface area contributed by atoms with Gasteiger partial charge in [0.2, 0.25) is 0 Å². The third-order valence-corrected chi connectivity index (χ3v) is 5.17. The minimum absolute atomic E-state index is 0.133. The highest BCUT2D eigenvalue weighted by molar-refractivity contribution is 5.80. The van der Waals surface area contributed by atoms with Gasteiger partial charge < -0.3 is 24.4 Å². The maximum atomic E-state index is 6.00. The van der Waals surface area contributed by atoms with Crippen molar-refractivity contribution in [2.75, 3.05) is 46.5 Å². The summed E-state index contributed by atoms with van der Waals surface area (Å²) in [6.45, 7) is 8.91. The quantitative estimate of drug-likeness (QED) is 0.471. The number of benzene rings is 1. The molecule has 0 saturated carbocycles. The van der Waals surface area contributed by atoms with Gasteiger partial charge in [-0.2, -0.15) is 0 Å². The van der Waals surface area contributed by atoms with E-state index >= 15 is 0 Å². The van der Waals surface area contributed by atoms with Crippen molar-refractivity contribution in [3.8, 4) is 5.75 Å². The molecular formula is C21H33N3O3. The van der Waals surface area contributed by atoms with E-state index in [-0.39, 0.29) is 12.2 Å². The molecule has 2 fully saturated rings. The largest absolute Gasteiger partial charge is 0.491 e. The van der Waals surface area contributed by atoms with Gasteiger partial charge in [0, 0.05) is 26.7 Å². The third kappa shape index (κ3) is 5.36. The number of rotatable bonds is 6. The first-order valence-corrected chi connectivity index (χ1v) is 10.1. The average molecular weight is 376 g/mol. The van der Waals surface area contributed by atoms with Crippen molar-refractivity contribution in [3.05, 3.63) is 29.8 Å². The zero-order valence-corrected chi connectivity index (χ0v) is 16.8. The van der Waals surface area contributed by atoms with E-state index in [4.69, 9.17) is 14.2 Å². The lowest BCUT2D eigenvalue weighted by Crippen LogP contribution is -2.53. The average Bonchev–Trinajstić information content (AvgIpc) is 3.23. The van der Waals surface area contributed by atoms with Gasteiger partial charge in [-0.15, -0.1) is 0 Å². The van der Waals surface area contributed by atoms with Crippen molar-refractivity contribution in [2.45, 2.75) is 44.8 Å². The Hall–Kier alpha value is -1.79. The van der Waals surface area contributed by atoms with Gasteiger partial charge in [0.1, 0.15) is 18.5 Å². The molecule has 27 heavy (non-hydrogen) atoms. The van der Waals surface area contributed by atoms with Crippen LogP contribution in [0.1, 0.15) is 38.2 Å². The summed E-state index contributed by atoms with van der Waals surface area (Å²) in [7, 11) is 1.83. The number of aliphatic imine (C=N–C) groups is 1. The van der Waals surface area contributed by atoms with Crippen LogP contribution in [0.2, 0.25) is 0 Å². The van der Waals surface area contributed by atoms with Crippen LogP contribution in [0.4, 0.5) is 0 Å². The van der Waals surface area contributed by atoms with Crippen LogP contribution in [0.25, 0.3) is 0 Å². The van der Waals surface area contributed by atoms with Crippen molar-refractivity contribution in [2.24, 2.45) is 4.99 Å². The molecule has 1 aromatic rings. The molecule has 2 aliphatic rings. The monoisotopic (exact) mass is 375 g/mol. The molecule has 3 rings (SSSR count). The van der Waals surface area contributed by atoms with Gasteiger partial charge in [-0.3, -0.25) is 4.99 Å². The Morgan fingerprint density at radius 1 is 1.26 bits per heavy atom. The molecule has 6 heteroatoms. The highest BCUT2D eigenvalue weighted by atomic mass is 16.5. The van der Waals surface area contributed by atoms with Gasteiger partial charge in [0.05, 0.1) is 19.3 Å². The predicted molar refractivity (Wildman–Crippen MR) is 108 cm³/mol. The smallest absolute Gasteiger partial charge is 0.193 e. The molecule has 2 heterocycles. The molecule has 0 aliphatic carbocycles. The first-order valence-electron chi connectivity index (χ1n) is 10.1. The van der Waals surface area contributed by atoms with E-state index < -0.39 is 0 Å². The zero-order valence-electron chi connectivity index (χ0n) is 16.8. The lowest BCUT2D eigenvalue weighted by atomic mass is 10.0. The lowest BCUT2D eigenvalue weighted by molar-refractivity contribution is -0.0817. The van der Waals surface area contributed by atoms with Gasteiger partial charge in [-0.1, -0.05) is 32.0 Å². The van der Waals surface area contributed by atoms with Crippen LogP contribution in [0.15, 0.2) is 29.3 Å². The molecule has 0 radical (unpaired) electrons. The number of nitrogens with zero attached hydrogens (tertiary/aromatic N) is 2. The Morgan fingerprint density at radius 3 is 2.81 bits per heavy atom. The molecule has 6 nitrogen and oxygen atoms in total. The number of guanidine groups is 1. The second kappa shape index (κ2) is 9.95. The summed E-state index contributed by atoms with van der Waals surface area (Å²) in [5.41, 5.74) is 1.24. The summed E-state index contributed by atoms with van der Waals surface area (Å²) in [5.74, 6) is 2.32. The molecular weight excluding hydrogens is 342 g/mol. The summed E-state index contributed by atoms with van der Waals surface area (Å²) < 4.78 is 17.7. The van der Waals surface area contributed by atoms with Crippen LogP contribution in [-0.4, -0.2) is 69.6 Å². The van der Waals surface area contributed by atoms with Gasteiger partial charge in [-0.05, 0) is 30.4 Å². The lowest BCUT2D eigenvalue weighted by Gasteiger charge is -2.37. The first-order chi connectivity index (χ1) is 13.2. The fraction of sp³-hybridized carbons (Fsp3) is 0.667. The highest BCUT2D eigenvalue weighted by Gasteiger charge is 2.32. The Kier molecular flexibility index (Phi) is 7.35. The van der Waals surface area contributed by atoms with Crippen LogP contribution in [0, 0.1) is 0 Å². The molecule has 0 spiro atoms. The highest BCUT2D eigenvalue weighted by Crippen LogP contribution is 2.25. The topological polar surface area (TPSA) is 55.3 Å². The Bertz CT molecular complexity index is 614. The summed E-state index contributed by atoms with van der Waals surface area (Å²) in [6, 6.07) is 8.25. The molecule has 2 saturated heterocycles. The Morgan fingerprint density at radius 2 is 2.07 bits per heavy atom. The summed E-state index contributed by atoms with van der Waals surface area (Å²) in [6.07, 6.45) is 2.58. The summed E-state index contributed by atoms with van der Waals surface area (Å²) in [4.78, 5) is 6.70. The predicted octanol–water partition coefficient (Wildman–Crippen LogP) is 2.64. The number of hydrogen-bond donors (Lipinski definition) is 1. The van der Waals surface area contributed by atoms with Gasteiger partial charge >= 0.3 is 0 Å². The number of hydrogen-bond acceptors (Lipinski definition) is 4. The Labute approximate surface area is 162 Å². The second-order valence-electron chi connectivity index (χ2n) is 7.42. The molecule has 2 unspecified atom stereocenters. The standard InChI is InChI=1S/C21H33N3O3/c1-16(2)17-7-4-5-8-18(17)26-13-10-23-21(22-3)24-11-14-27-20(15-24)19-9-6-12-25-19/h4-5,7-8,16,19-20H,6,9-15H2,1-3H3,(H,22,23). The number of para-hydroxylation sites is 1. The minimum atomic E-state index is 0.133. The van der Waals surface area contributed by atoms with Crippen molar-refractivity contribution in [1.29, 1.82) is 0 Å². The number of ether oxygens (including phenoxy) is 3. The SMILES string of the molecule is CN=C(NCCOc1ccccc1C(C)C)N1CCOC(C2CCCO2)C1.